The van der Waals surface area contributed by atoms with E-state index in [4.69, 9.17) is 11.6 Å². The Bertz CT molecular complexity index is 370. The zero-order valence-corrected chi connectivity index (χ0v) is 11.7. The first-order chi connectivity index (χ1) is 7.70. The molecule has 0 amide bonds. The minimum atomic E-state index is 0.476. The monoisotopic (exact) mass is 302 g/mol. The molecule has 1 heterocycles. The number of aryl methyl sites for hydroxylation is 1. The van der Waals surface area contributed by atoms with Gasteiger partial charge in [0.05, 0.1) is 4.47 Å². The fraction of sp³-hybridized carbons (Fsp3) is 0.583. The van der Waals surface area contributed by atoms with Crippen molar-refractivity contribution in [2.24, 2.45) is 5.92 Å². The van der Waals surface area contributed by atoms with Crippen LogP contribution in [0.4, 0.5) is 5.82 Å². The van der Waals surface area contributed by atoms with Gasteiger partial charge in [0.15, 0.2) is 0 Å². The molecule has 2 rings (SSSR count). The molecule has 1 aromatic heterocycles. The second-order valence-electron chi connectivity index (χ2n) is 4.44. The Morgan fingerprint density at radius 2 is 2.38 bits per heavy atom. The van der Waals surface area contributed by atoms with Crippen LogP contribution in [0.2, 0.25) is 0 Å². The molecule has 1 N–H and O–H groups in total. The lowest BCUT2D eigenvalue weighted by molar-refractivity contribution is 0.561. The molecule has 0 aliphatic heterocycles. The number of rotatable bonds is 3. The van der Waals surface area contributed by atoms with Gasteiger partial charge in [-0.3, -0.25) is 0 Å². The molecule has 0 spiro atoms. The Kier molecular flexibility index (Phi) is 4.09. The number of nitrogens with zero attached hydrogens (tertiary/aromatic N) is 1. The summed E-state index contributed by atoms with van der Waals surface area (Å²) in [6, 6.07) is 2.56. The predicted molar refractivity (Wildman–Crippen MR) is 72.1 cm³/mol. The van der Waals surface area contributed by atoms with Crippen molar-refractivity contribution in [3.8, 4) is 0 Å². The van der Waals surface area contributed by atoms with Crippen molar-refractivity contribution >= 4 is 33.3 Å². The number of hydrogen-bond acceptors (Lipinski definition) is 2. The van der Waals surface area contributed by atoms with Crippen LogP contribution in [0.1, 0.15) is 24.8 Å². The smallest absolute Gasteiger partial charge is 0.140 e. The number of alkyl halides is 1. The van der Waals surface area contributed by atoms with Gasteiger partial charge in [0, 0.05) is 18.1 Å². The molecule has 0 bridgehead atoms. The normalized spacial score (nSPS) is 24.7. The predicted octanol–water partition coefficient (Wildman–Crippen LogP) is 3.97. The third-order valence-electron chi connectivity index (χ3n) is 3.16. The van der Waals surface area contributed by atoms with Gasteiger partial charge in [-0.1, -0.05) is 6.42 Å². The zero-order valence-electron chi connectivity index (χ0n) is 9.34. The van der Waals surface area contributed by atoms with Crippen LogP contribution in [0.5, 0.6) is 0 Å². The molecule has 1 aliphatic carbocycles. The minimum absolute atomic E-state index is 0.476. The molecule has 1 fully saturated rings. The molecule has 1 aliphatic rings. The summed E-state index contributed by atoms with van der Waals surface area (Å²) in [5, 5.41) is 3.49. The summed E-state index contributed by atoms with van der Waals surface area (Å²) in [4.78, 5) is 4.41. The minimum Gasteiger partial charge on any atom is -0.366 e. The average Bonchev–Trinajstić information content (AvgIpc) is 2.69. The number of anilines is 1. The molecule has 2 atom stereocenters. The van der Waals surface area contributed by atoms with E-state index < -0.39 is 0 Å². The maximum Gasteiger partial charge on any atom is 0.140 e. The van der Waals surface area contributed by atoms with Crippen molar-refractivity contribution in [3.63, 3.8) is 0 Å². The van der Waals surface area contributed by atoms with E-state index in [9.17, 15) is 0 Å². The van der Waals surface area contributed by atoms with Crippen LogP contribution in [0.25, 0.3) is 0 Å². The van der Waals surface area contributed by atoms with E-state index in [2.05, 4.69) is 32.3 Å². The van der Waals surface area contributed by atoms with Crippen molar-refractivity contribution < 1.29 is 0 Å². The first kappa shape index (κ1) is 12.2. The highest BCUT2D eigenvalue weighted by Gasteiger charge is 2.26. The van der Waals surface area contributed by atoms with E-state index in [0.717, 1.165) is 21.7 Å². The zero-order chi connectivity index (χ0) is 11.5. The maximum absolute atomic E-state index is 5.96. The highest BCUT2D eigenvalue weighted by atomic mass is 79.9. The molecular weight excluding hydrogens is 288 g/mol. The third kappa shape index (κ3) is 2.69. The topological polar surface area (TPSA) is 24.9 Å². The Labute approximate surface area is 110 Å². The van der Waals surface area contributed by atoms with Gasteiger partial charge in [-0.15, -0.1) is 11.6 Å². The van der Waals surface area contributed by atoms with Crippen LogP contribution < -0.4 is 5.32 Å². The molecule has 0 radical (unpaired) electrons. The summed E-state index contributed by atoms with van der Waals surface area (Å²) in [5.41, 5.74) is 1.16. The van der Waals surface area contributed by atoms with Crippen LogP contribution in [-0.2, 0) is 0 Å². The van der Waals surface area contributed by atoms with E-state index in [0.29, 0.717) is 12.0 Å². The Morgan fingerprint density at radius 1 is 1.56 bits per heavy atom. The quantitative estimate of drug-likeness (QED) is 0.855. The third-order valence-corrected chi connectivity index (χ3v) is 4.16. The summed E-state index contributed by atoms with van der Waals surface area (Å²) >= 11 is 9.50. The highest BCUT2D eigenvalue weighted by molar-refractivity contribution is 9.10. The Morgan fingerprint density at radius 3 is 3.06 bits per heavy atom. The fourth-order valence-corrected chi connectivity index (χ4v) is 3.17. The van der Waals surface area contributed by atoms with E-state index >= 15 is 0 Å². The van der Waals surface area contributed by atoms with Gasteiger partial charge in [0.2, 0.25) is 0 Å². The molecule has 1 saturated carbocycles. The molecule has 4 heteroatoms. The summed E-state index contributed by atoms with van der Waals surface area (Å²) in [6.45, 7) is 2.04. The largest absolute Gasteiger partial charge is 0.366 e. The second kappa shape index (κ2) is 5.37. The van der Waals surface area contributed by atoms with Gasteiger partial charge < -0.3 is 5.32 Å². The van der Waals surface area contributed by atoms with Crippen LogP contribution >= 0.6 is 27.5 Å². The van der Waals surface area contributed by atoms with Gasteiger partial charge in [-0.05, 0) is 53.2 Å². The van der Waals surface area contributed by atoms with Gasteiger partial charge >= 0.3 is 0 Å². The average molecular weight is 304 g/mol. The molecule has 1 aromatic rings. The molecule has 0 aromatic carbocycles. The van der Waals surface area contributed by atoms with Crippen molar-refractivity contribution in [1.82, 2.24) is 4.98 Å². The number of aromatic nitrogens is 1. The van der Waals surface area contributed by atoms with Gasteiger partial charge in [-0.25, -0.2) is 4.98 Å². The van der Waals surface area contributed by atoms with Gasteiger partial charge in [-0.2, -0.15) is 0 Å². The number of pyridine rings is 1. The summed E-state index contributed by atoms with van der Waals surface area (Å²) in [5.74, 6) is 2.26. The molecular formula is C12H16BrClN2. The van der Waals surface area contributed by atoms with Crippen molar-refractivity contribution in [2.75, 3.05) is 11.2 Å². The van der Waals surface area contributed by atoms with Gasteiger partial charge in [0.25, 0.3) is 0 Å². The van der Waals surface area contributed by atoms with Crippen LogP contribution in [0.3, 0.4) is 0 Å². The van der Waals surface area contributed by atoms with E-state index in [1.165, 1.54) is 19.3 Å². The maximum atomic E-state index is 5.96. The lowest BCUT2D eigenvalue weighted by Gasteiger charge is -2.20. The Balaban J connectivity index is 2.08. The standard InChI is InChI=1S/C12H16BrClN2/c1-8-5-10(13)12(15-7-8)16-11-4-2-3-9(11)6-14/h5,7,9,11H,2-4,6H2,1H3,(H,15,16). The summed E-state index contributed by atoms with van der Waals surface area (Å²) in [7, 11) is 0. The molecule has 2 unspecified atom stereocenters. The van der Waals surface area contributed by atoms with Crippen molar-refractivity contribution in [3.05, 3.63) is 22.3 Å². The lowest BCUT2D eigenvalue weighted by Crippen LogP contribution is -2.25. The first-order valence-corrected chi connectivity index (χ1v) is 6.98. The SMILES string of the molecule is Cc1cnc(NC2CCCC2CCl)c(Br)c1. The molecule has 0 saturated heterocycles. The first-order valence-electron chi connectivity index (χ1n) is 5.65. The highest BCUT2D eigenvalue weighted by Crippen LogP contribution is 2.31. The number of nitrogens with one attached hydrogen (secondary N) is 1. The van der Waals surface area contributed by atoms with Crippen LogP contribution in [0.15, 0.2) is 16.7 Å². The number of halogens is 2. The van der Waals surface area contributed by atoms with E-state index in [1.807, 2.05) is 13.1 Å². The number of hydrogen-bond donors (Lipinski definition) is 1. The molecule has 88 valence electrons. The fourth-order valence-electron chi connectivity index (χ4n) is 2.23. The van der Waals surface area contributed by atoms with Gasteiger partial charge in [0.1, 0.15) is 5.82 Å². The molecule has 16 heavy (non-hydrogen) atoms. The second-order valence-corrected chi connectivity index (χ2v) is 5.60. The summed E-state index contributed by atoms with van der Waals surface area (Å²) < 4.78 is 1.03. The van der Waals surface area contributed by atoms with Crippen molar-refractivity contribution in [2.45, 2.75) is 32.2 Å². The van der Waals surface area contributed by atoms with E-state index in [-0.39, 0.29) is 0 Å². The Hall–Kier alpha value is -0.280. The lowest BCUT2D eigenvalue weighted by atomic mass is 10.1. The molecule has 2 nitrogen and oxygen atoms in total. The van der Waals surface area contributed by atoms with Crippen LogP contribution in [-0.4, -0.2) is 16.9 Å². The summed E-state index contributed by atoms with van der Waals surface area (Å²) in [6.07, 6.45) is 5.57. The van der Waals surface area contributed by atoms with Crippen molar-refractivity contribution in [1.29, 1.82) is 0 Å². The van der Waals surface area contributed by atoms with Crippen LogP contribution in [0, 0.1) is 12.8 Å². The van der Waals surface area contributed by atoms with E-state index in [1.54, 1.807) is 0 Å².